The number of carbonyl (C=O) groups is 2. The first-order valence-corrected chi connectivity index (χ1v) is 5.15. The standard InChI is InChI=1S/C10H9ClN2O5/c1-6(14)18-5-10(15)12-8-4-7(11)2-3-9(8)13(16)17/h2-4H,5H2,1H3,(H,12,15). The van der Waals surface area contributed by atoms with Gasteiger partial charge in [-0.25, -0.2) is 0 Å². The highest BCUT2D eigenvalue weighted by molar-refractivity contribution is 6.31. The van der Waals surface area contributed by atoms with Crippen molar-refractivity contribution in [2.45, 2.75) is 6.92 Å². The van der Waals surface area contributed by atoms with E-state index in [2.05, 4.69) is 10.1 Å². The third-order valence-electron chi connectivity index (χ3n) is 1.84. The number of hydrogen-bond acceptors (Lipinski definition) is 5. The zero-order valence-corrected chi connectivity index (χ0v) is 10.1. The van der Waals surface area contributed by atoms with Crippen molar-refractivity contribution >= 4 is 34.9 Å². The van der Waals surface area contributed by atoms with Crippen LogP contribution in [0.1, 0.15) is 6.92 Å². The molecule has 0 fully saturated rings. The van der Waals surface area contributed by atoms with Crippen molar-refractivity contribution in [1.29, 1.82) is 0 Å². The van der Waals surface area contributed by atoms with Crippen LogP contribution in [0.15, 0.2) is 18.2 Å². The van der Waals surface area contributed by atoms with Gasteiger partial charge in [-0.3, -0.25) is 19.7 Å². The largest absolute Gasteiger partial charge is 0.456 e. The molecule has 1 aromatic rings. The molecule has 1 rings (SSSR count). The second-order valence-electron chi connectivity index (χ2n) is 3.25. The zero-order chi connectivity index (χ0) is 13.7. The molecule has 1 amide bonds. The predicted molar refractivity (Wildman–Crippen MR) is 63.4 cm³/mol. The van der Waals surface area contributed by atoms with E-state index in [1.54, 1.807) is 0 Å². The Bertz CT molecular complexity index is 503. The minimum atomic E-state index is -0.685. The smallest absolute Gasteiger partial charge is 0.303 e. The number of nitrogens with one attached hydrogen (secondary N) is 1. The highest BCUT2D eigenvalue weighted by Crippen LogP contribution is 2.27. The number of ether oxygens (including phenoxy) is 1. The van der Waals surface area contributed by atoms with Crippen molar-refractivity contribution in [1.82, 2.24) is 0 Å². The summed E-state index contributed by atoms with van der Waals surface area (Å²) < 4.78 is 4.45. The Labute approximate surface area is 107 Å². The number of hydrogen-bond donors (Lipinski definition) is 1. The van der Waals surface area contributed by atoms with Crippen LogP contribution in [0, 0.1) is 10.1 Å². The SMILES string of the molecule is CC(=O)OCC(=O)Nc1cc(Cl)ccc1[N+](=O)[O-]. The number of nitrogens with zero attached hydrogens (tertiary/aromatic N) is 1. The number of halogens is 1. The molecule has 0 heterocycles. The highest BCUT2D eigenvalue weighted by atomic mass is 35.5. The molecule has 0 spiro atoms. The molecular formula is C10H9ClN2O5. The van der Waals surface area contributed by atoms with Gasteiger partial charge < -0.3 is 10.1 Å². The first-order valence-electron chi connectivity index (χ1n) is 4.77. The van der Waals surface area contributed by atoms with Crippen LogP contribution in [-0.2, 0) is 14.3 Å². The van der Waals surface area contributed by atoms with Crippen molar-refractivity contribution in [3.63, 3.8) is 0 Å². The van der Waals surface area contributed by atoms with Gasteiger partial charge in [0.05, 0.1) is 4.92 Å². The molecule has 18 heavy (non-hydrogen) atoms. The minimum absolute atomic E-state index is 0.0512. The number of carbonyl (C=O) groups excluding carboxylic acids is 2. The van der Waals surface area contributed by atoms with E-state index in [0.717, 1.165) is 6.92 Å². The van der Waals surface area contributed by atoms with E-state index in [1.807, 2.05) is 0 Å². The number of benzene rings is 1. The van der Waals surface area contributed by atoms with E-state index in [-0.39, 0.29) is 16.4 Å². The number of nitro benzene ring substituents is 1. The van der Waals surface area contributed by atoms with E-state index in [1.165, 1.54) is 18.2 Å². The topological polar surface area (TPSA) is 98.5 Å². The van der Waals surface area contributed by atoms with Crippen LogP contribution in [0.2, 0.25) is 5.02 Å². The molecule has 1 aromatic carbocycles. The van der Waals surface area contributed by atoms with Gasteiger partial charge in [0, 0.05) is 18.0 Å². The van der Waals surface area contributed by atoms with Crippen molar-refractivity contribution in [3.05, 3.63) is 33.3 Å². The molecule has 0 aromatic heterocycles. The predicted octanol–water partition coefficient (Wildman–Crippen LogP) is 1.75. The molecule has 0 aliphatic carbocycles. The molecule has 8 heteroatoms. The van der Waals surface area contributed by atoms with Gasteiger partial charge in [0.15, 0.2) is 6.61 Å². The third kappa shape index (κ3) is 4.02. The summed E-state index contributed by atoms with van der Waals surface area (Å²) in [6.07, 6.45) is 0. The second kappa shape index (κ2) is 5.97. The van der Waals surface area contributed by atoms with Gasteiger partial charge in [-0.15, -0.1) is 0 Å². The molecule has 1 N–H and O–H groups in total. The Balaban J connectivity index is 2.82. The third-order valence-corrected chi connectivity index (χ3v) is 2.07. The second-order valence-corrected chi connectivity index (χ2v) is 3.68. The Morgan fingerprint density at radius 2 is 2.17 bits per heavy atom. The lowest BCUT2D eigenvalue weighted by Gasteiger charge is -2.06. The molecule has 0 radical (unpaired) electrons. The number of anilines is 1. The van der Waals surface area contributed by atoms with Crippen LogP contribution in [0.3, 0.4) is 0 Å². The highest BCUT2D eigenvalue weighted by Gasteiger charge is 2.16. The molecule has 0 bridgehead atoms. The van der Waals surface area contributed by atoms with E-state index in [4.69, 9.17) is 11.6 Å². The van der Waals surface area contributed by atoms with Gasteiger partial charge in [-0.05, 0) is 12.1 Å². The molecule has 0 saturated heterocycles. The minimum Gasteiger partial charge on any atom is -0.456 e. The van der Waals surface area contributed by atoms with Crippen molar-refractivity contribution in [2.75, 3.05) is 11.9 Å². The van der Waals surface area contributed by atoms with Gasteiger partial charge in [-0.2, -0.15) is 0 Å². The molecule has 0 unspecified atom stereocenters. The summed E-state index contributed by atoms with van der Waals surface area (Å²) in [6, 6.07) is 3.75. The first kappa shape index (κ1) is 13.9. The molecule has 0 aliphatic rings. The number of esters is 1. The van der Waals surface area contributed by atoms with E-state index < -0.39 is 23.4 Å². The Morgan fingerprint density at radius 3 is 2.72 bits per heavy atom. The summed E-state index contributed by atoms with van der Waals surface area (Å²) in [5.41, 5.74) is -0.347. The van der Waals surface area contributed by atoms with Gasteiger partial charge in [0.2, 0.25) is 0 Å². The van der Waals surface area contributed by atoms with E-state index >= 15 is 0 Å². The van der Waals surface area contributed by atoms with Crippen molar-refractivity contribution < 1.29 is 19.2 Å². The van der Waals surface area contributed by atoms with Gasteiger partial charge >= 0.3 is 5.97 Å². The van der Waals surface area contributed by atoms with Crippen LogP contribution in [0.4, 0.5) is 11.4 Å². The van der Waals surface area contributed by atoms with Crippen LogP contribution >= 0.6 is 11.6 Å². The molecule has 0 atom stereocenters. The van der Waals surface area contributed by atoms with Crippen LogP contribution in [0.25, 0.3) is 0 Å². The molecular weight excluding hydrogens is 264 g/mol. The van der Waals surface area contributed by atoms with Gasteiger partial charge in [0.25, 0.3) is 11.6 Å². The first-order chi connectivity index (χ1) is 8.40. The summed E-state index contributed by atoms with van der Waals surface area (Å²) in [4.78, 5) is 31.9. The maximum atomic E-state index is 11.3. The lowest BCUT2D eigenvalue weighted by molar-refractivity contribution is -0.383. The molecule has 96 valence electrons. The number of nitro groups is 1. The summed E-state index contributed by atoms with van der Waals surface area (Å²) in [6.45, 7) is 0.633. The normalized spacial score (nSPS) is 9.67. The van der Waals surface area contributed by atoms with Crippen molar-refractivity contribution in [2.24, 2.45) is 0 Å². The van der Waals surface area contributed by atoms with Crippen LogP contribution in [-0.4, -0.2) is 23.4 Å². The fourth-order valence-electron chi connectivity index (χ4n) is 1.12. The average Bonchev–Trinajstić information content (AvgIpc) is 2.26. The summed E-state index contributed by atoms with van der Waals surface area (Å²) in [5.74, 6) is -1.30. The van der Waals surface area contributed by atoms with Crippen molar-refractivity contribution in [3.8, 4) is 0 Å². The van der Waals surface area contributed by atoms with Gasteiger partial charge in [0.1, 0.15) is 5.69 Å². The van der Waals surface area contributed by atoms with E-state index in [0.29, 0.717) is 0 Å². The molecule has 7 nitrogen and oxygen atoms in total. The maximum absolute atomic E-state index is 11.3. The maximum Gasteiger partial charge on any atom is 0.303 e. The number of rotatable bonds is 4. The quantitative estimate of drug-likeness (QED) is 0.511. The summed E-state index contributed by atoms with van der Waals surface area (Å²) in [5, 5.41) is 13.2. The van der Waals surface area contributed by atoms with Gasteiger partial charge in [-0.1, -0.05) is 11.6 Å². The summed E-state index contributed by atoms with van der Waals surface area (Å²) in [7, 11) is 0. The number of amides is 1. The molecule has 0 saturated carbocycles. The Morgan fingerprint density at radius 1 is 1.50 bits per heavy atom. The Kier molecular flexibility index (Phi) is 4.61. The fourth-order valence-corrected chi connectivity index (χ4v) is 1.29. The fraction of sp³-hybridized carbons (Fsp3) is 0.200. The Hall–Kier alpha value is -2.15. The summed E-state index contributed by atoms with van der Waals surface area (Å²) >= 11 is 5.67. The van der Waals surface area contributed by atoms with Crippen LogP contribution in [0.5, 0.6) is 0 Å². The zero-order valence-electron chi connectivity index (χ0n) is 9.31. The monoisotopic (exact) mass is 272 g/mol. The van der Waals surface area contributed by atoms with E-state index in [9.17, 15) is 19.7 Å². The lowest BCUT2D eigenvalue weighted by Crippen LogP contribution is -2.20. The van der Waals surface area contributed by atoms with Crippen LogP contribution < -0.4 is 5.32 Å². The average molecular weight is 273 g/mol. The molecule has 0 aliphatic heterocycles. The lowest BCUT2D eigenvalue weighted by atomic mass is 10.2.